The summed E-state index contributed by atoms with van der Waals surface area (Å²) in [7, 11) is 2.20. The number of aromatic nitrogens is 2. The van der Waals surface area contributed by atoms with E-state index in [0.717, 1.165) is 69.5 Å². The number of nitrogens with one attached hydrogen (secondary N) is 2. The van der Waals surface area contributed by atoms with Crippen LogP contribution in [0.25, 0.3) is 11.0 Å². The van der Waals surface area contributed by atoms with Crippen molar-refractivity contribution in [3.05, 3.63) is 47.0 Å². The second-order valence-electron chi connectivity index (χ2n) is 9.41. The fourth-order valence-corrected chi connectivity index (χ4v) is 4.50. The first-order valence-corrected chi connectivity index (χ1v) is 13.7. The number of benzene rings is 2. The van der Waals surface area contributed by atoms with Crippen LogP contribution in [0.5, 0.6) is 0 Å². The van der Waals surface area contributed by atoms with Gasteiger partial charge in [0.1, 0.15) is 0 Å². The lowest BCUT2D eigenvalue weighted by Gasteiger charge is -2.23. The standard InChI is InChI=1S/C17H26N4O.C11H6ClN3O6/c1-3-22-14-13-21-16-8-5-4-7-15(16)18-17(21)20-10-6-9-19(2)11-12-20;12-7-5(14-8(16)10(18)19)1-4(3-13)2-6(7)15-9(17)11(20)21/h4-5,7-8H,3,6,9-14H2,1-2H3;1-2H,(H,14,16)(H,15,17)(H,18,19)(H,20,21). The molecule has 1 saturated heterocycles. The van der Waals surface area contributed by atoms with Crippen molar-refractivity contribution in [1.29, 1.82) is 5.26 Å². The number of likely N-dealkylation sites (N-methyl/N-ethyl adjacent to an activating group) is 1. The van der Waals surface area contributed by atoms with Gasteiger partial charge < -0.3 is 40.0 Å². The summed E-state index contributed by atoms with van der Waals surface area (Å²) in [6.45, 7) is 8.75. The van der Waals surface area contributed by atoms with Crippen molar-refractivity contribution in [2.24, 2.45) is 0 Å². The van der Waals surface area contributed by atoms with Crippen molar-refractivity contribution in [1.82, 2.24) is 14.5 Å². The molecule has 1 aromatic heterocycles. The van der Waals surface area contributed by atoms with Crippen LogP contribution in [0.15, 0.2) is 36.4 Å². The zero-order valence-corrected chi connectivity index (χ0v) is 24.4. The van der Waals surface area contributed by atoms with Crippen LogP contribution < -0.4 is 15.5 Å². The fraction of sp³-hybridized carbons (Fsp3) is 0.357. The van der Waals surface area contributed by atoms with Crippen LogP contribution in [-0.4, -0.2) is 94.9 Å². The largest absolute Gasteiger partial charge is 0.474 e. The first kappa shape index (κ1) is 32.8. The van der Waals surface area contributed by atoms with Crippen LogP contribution in [0.2, 0.25) is 5.02 Å². The zero-order chi connectivity index (χ0) is 31.5. The third-order valence-electron chi connectivity index (χ3n) is 6.39. The second-order valence-corrected chi connectivity index (χ2v) is 9.79. The molecule has 0 saturated carbocycles. The highest BCUT2D eigenvalue weighted by Crippen LogP contribution is 2.32. The third kappa shape index (κ3) is 8.89. The number of carboxylic acids is 2. The lowest BCUT2D eigenvalue weighted by Crippen LogP contribution is -2.31. The number of aliphatic carboxylic acids is 2. The Bertz CT molecular complexity index is 1490. The van der Waals surface area contributed by atoms with Crippen LogP contribution in [0, 0.1) is 11.3 Å². The molecule has 228 valence electrons. The summed E-state index contributed by atoms with van der Waals surface area (Å²) in [6.07, 6.45) is 1.19. The predicted molar refractivity (Wildman–Crippen MR) is 159 cm³/mol. The highest BCUT2D eigenvalue weighted by atomic mass is 35.5. The van der Waals surface area contributed by atoms with E-state index in [4.69, 9.17) is 36.8 Å². The number of ether oxygens (including phenoxy) is 1. The number of fused-ring (bicyclic) bond motifs is 1. The van der Waals surface area contributed by atoms with Gasteiger partial charge >= 0.3 is 23.8 Å². The molecule has 0 unspecified atom stereocenters. The Morgan fingerprint density at radius 3 is 2.23 bits per heavy atom. The minimum Gasteiger partial charge on any atom is -0.474 e. The smallest absolute Gasteiger partial charge is 0.394 e. The van der Waals surface area contributed by atoms with Crippen molar-refractivity contribution in [3.63, 3.8) is 0 Å². The van der Waals surface area contributed by atoms with E-state index in [1.54, 1.807) is 6.07 Å². The van der Waals surface area contributed by atoms with Crippen LogP contribution in [0.3, 0.4) is 0 Å². The van der Waals surface area contributed by atoms with E-state index in [1.165, 1.54) is 11.9 Å². The Hall–Kier alpha value is -4.71. The van der Waals surface area contributed by atoms with E-state index < -0.39 is 23.8 Å². The number of hydrogen-bond donors (Lipinski definition) is 4. The van der Waals surface area contributed by atoms with E-state index >= 15 is 0 Å². The molecular formula is C28H32ClN7O7. The molecule has 2 heterocycles. The molecule has 3 aromatic rings. The average Bonchev–Trinajstić information content (AvgIpc) is 3.20. The van der Waals surface area contributed by atoms with Gasteiger partial charge in [-0.1, -0.05) is 23.7 Å². The second kappa shape index (κ2) is 15.5. The van der Waals surface area contributed by atoms with Crippen LogP contribution >= 0.6 is 11.6 Å². The summed E-state index contributed by atoms with van der Waals surface area (Å²) >= 11 is 5.81. The number of imidazole rings is 1. The number of para-hydroxylation sites is 2. The summed E-state index contributed by atoms with van der Waals surface area (Å²) in [4.78, 5) is 52.8. The normalized spacial score (nSPS) is 13.3. The molecule has 1 fully saturated rings. The Morgan fingerprint density at radius 2 is 1.65 bits per heavy atom. The molecule has 0 aliphatic carbocycles. The molecule has 0 radical (unpaired) electrons. The van der Waals surface area contributed by atoms with Crippen molar-refractivity contribution in [2.75, 3.05) is 62.0 Å². The predicted octanol–water partition coefficient (Wildman–Crippen LogP) is 2.47. The van der Waals surface area contributed by atoms with Gasteiger partial charge in [0.05, 0.1) is 45.7 Å². The number of carboxylic acid groups (broad SMARTS) is 2. The first-order valence-electron chi connectivity index (χ1n) is 13.3. The van der Waals surface area contributed by atoms with Crippen molar-refractivity contribution >= 4 is 63.7 Å². The van der Waals surface area contributed by atoms with Crippen molar-refractivity contribution in [3.8, 4) is 6.07 Å². The molecule has 1 aliphatic rings. The highest BCUT2D eigenvalue weighted by Gasteiger charge is 2.21. The van der Waals surface area contributed by atoms with Gasteiger partial charge in [-0.15, -0.1) is 0 Å². The van der Waals surface area contributed by atoms with Crippen molar-refractivity contribution < 1.29 is 34.1 Å². The molecule has 0 spiro atoms. The van der Waals surface area contributed by atoms with Gasteiger partial charge in [0, 0.05) is 32.8 Å². The third-order valence-corrected chi connectivity index (χ3v) is 6.79. The van der Waals surface area contributed by atoms with Gasteiger partial charge in [-0.2, -0.15) is 5.26 Å². The molecule has 4 N–H and O–H groups in total. The minimum absolute atomic E-state index is 0.0826. The topological polar surface area (TPSA) is 190 Å². The van der Waals surface area contributed by atoms with Gasteiger partial charge in [-0.25, -0.2) is 14.6 Å². The summed E-state index contributed by atoms with van der Waals surface area (Å²) in [5.74, 6) is -5.31. The Morgan fingerprint density at radius 1 is 1.02 bits per heavy atom. The Kier molecular flexibility index (Phi) is 11.8. The number of amides is 2. The summed E-state index contributed by atoms with van der Waals surface area (Å²) < 4.78 is 7.88. The van der Waals surface area contributed by atoms with Gasteiger partial charge in [0.2, 0.25) is 5.95 Å². The summed E-state index contributed by atoms with van der Waals surface area (Å²) in [5, 5.41) is 29.3. The number of carbonyl (C=O) groups is 4. The zero-order valence-electron chi connectivity index (χ0n) is 23.7. The maximum atomic E-state index is 11.1. The van der Waals surface area contributed by atoms with E-state index in [9.17, 15) is 19.2 Å². The monoisotopic (exact) mass is 613 g/mol. The minimum atomic E-state index is -1.79. The summed E-state index contributed by atoms with van der Waals surface area (Å²) in [6, 6.07) is 12.2. The Balaban J connectivity index is 0.000000236. The molecule has 14 nitrogen and oxygen atoms in total. The van der Waals surface area contributed by atoms with Crippen LogP contribution in [0.4, 0.5) is 17.3 Å². The van der Waals surface area contributed by atoms with Gasteiger partial charge in [0.15, 0.2) is 0 Å². The van der Waals surface area contributed by atoms with Gasteiger partial charge in [-0.05, 0) is 51.2 Å². The average molecular weight is 614 g/mol. The lowest BCUT2D eigenvalue weighted by molar-refractivity contribution is -0.147. The maximum absolute atomic E-state index is 11.1. The molecule has 2 aromatic carbocycles. The highest BCUT2D eigenvalue weighted by molar-refractivity contribution is 6.42. The molecule has 0 atom stereocenters. The number of anilines is 3. The molecule has 43 heavy (non-hydrogen) atoms. The number of nitriles is 1. The first-order chi connectivity index (χ1) is 20.5. The molecule has 2 amide bonds. The SMILES string of the molecule is CCOCCn1c(N2CCCN(C)CC2)nc2ccccc21.N#Cc1cc(NC(=O)C(=O)O)c(Cl)c(NC(=O)C(=O)O)c1. The molecular weight excluding hydrogens is 582 g/mol. The Labute approximate surface area is 252 Å². The number of rotatable bonds is 7. The van der Waals surface area contributed by atoms with Gasteiger partial charge in [-0.3, -0.25) is 9.59 Å². The number of carbonyl (C=O) groups excluding carboxylic acids is 2. The van der Waals surface area contributed by atoms with E-state index in [-0.39, 0.29) is 22.0 Å². The molecule has 4 rings (SSSR count). The lowest BCUT2D eigenvalue weighted by atomic mass is 10.1. The number of nitrogens with zero attached hydrogens (tertiary/aromatic N) is 5. The number of halogens is 1. The summed E-state index contributed by atoms with van der Waals surface area (Å²) in [5.41, 5.74) is 1.68. The van der Waals surface area contributed by atoms with Crippen molar-refractivity contribution in [2.45, 2.75) is 19.9 Å². The fourth-order valence-electron chi connectivity index (χ4n) is 4.29. The van der Waals surface area contributed by atoms with Gasteiger partial charge in [0.25, 0.3) is 0 Å². The molecule has 1 aliphatic heterocycles. The van der Waals surface area contributed by atoms with Crippen LogP contribution in [0.1, 0.15) is 18.9 Å². The van der Waals surface area contributed by atoms with Crippen LogP contribution in [-0.2, 0) is 30.5 Å². The van der Waals surface area contributed by atoms with E-state index in [1.807, 2.05) is 17.6 Å². The van der Waals surface area contributed by atoms with E-state index in [0.29, 0.717) is 0 Å². The molecule has 0 bridgehead atoms. The van der Waals surface area contributed by atoms with E-state index in [2.05, 4.69) is 45.7 Å². The quantitative estimate of drug-likeness (QED) is 0.226. The molecule has 15 heteroatoms. The number of hydrogen-bond acceptors (Lipinski definition) is 9. The maximum Gasteiger partial charge on any atom is 0.394 e.